The number of halogens is 4. The molecule has 0 aliphatic rings. The van der Waals surface area contributed by atoms with E-state index in [0.29, 0.717) is 34.0 Å². The molecular weight excluding hydrogens is 485 g/mol. The second-order valence-corrected chi connectivity index (χ2v) is 8.31. The molecule has 0 spiro atoms. The Hall–Kier alpha value is -3.48. The molecule has 0 fully saturated rings. The molecule has 0 saturated heterocycles. The van der Waals surface area contributed by atoms with Crippen molar-refractivity contribution >= 4 is 23.2 Å². The van der Waals surface area contributed by atoms with E-state index in [4.69, 9.17) is 33.4 Å². The molecule has 0 aliphatic carbocycles. The van der Waals surface area contributed by atoms with Gasteiger partial charge in [0.25, 0.3) is 0 Å². The van der Waals surface area contributed by atoms with Gasteiger partial charge in [0.15, 0.2) is 23.1 Å². The first-order chi connectivity index (χ1) is 16.1. The molecule has 4 rings (SSSR count). The van der Waals surface area contributed by atoms with E-state index in [1.165, 1.54) is 24.3 Å². The number of benzene rings is 4. The van der Waals surface area contributed by atoms with Crippen LogP contribution in [0.15, 0.2) is 72.8 Å². The zero-order valence-corrected chi connectivity index (χ0v) is 19.2. The molecule has 0 heterocycles. The average Bonchev–Trinajstić information content (AvgIpc) is 2.79. The van der Waals surface area contributed by atoms with Crippen molar-refractivity contribution in [1.29, 1.82) is 0 Å². The Morgan fingerprint density at radius 1 is 0.471 bits per heavy atom. The fraction of sp³-hybridized carbons (Fsp3) is 0.0769. The summed E-state index contributed by atoms with van der Waals surface area (Å²) in [4.78, 5) is 0. The summed E-state index contributed by atoms with van der Waals surface area (Å²) in [5.41, 5.74) is 3.17. The third-order valence-electron chi connectivity index (χ3n) is 4.86. The number of phenolic OH excluding ortho intramolecular Hbond substituents is 4. The molecule has 0 bridgehead atoms. The highest BCUT2D eigenvalue weighted by Crippen LogP contribution is 2.28. The van der Waals surface area contributed by atoms with Crippen molar-refractivity contribution < 1.29 is 29.2 Å². The van der Waals surface area contributed by atoms with Crippen LogP contribution in [0.25, 0.3) is 0 Å². The lowest BCUT2D eigenvalue weighted by Gasteiger charge is -2.05. The lowest BCUT2D eigenvalue weighted by Crippen LogP contribution is -1.90. The van der Waals surface area contributed by atoms with Crippen LogP contribution in [0.2, 0.25) is 10.0 Å². The molecular formula is C26H20Cl2F2O4. The normalized spacial score (nSPS) is 10.5. The lowest BCUT2D eigenvalue weighted by molar-refractivity contribution is 0.431. The molecule has 4 N–H and O–H groups in total. The highest BCUT2D eigenvalue weighted by Gasteiger charge is 2.06. The zero-order valence-electron chi connectivity index (χ0n) is 17.6. The number of hydrogen-bond acceptors (Lipinski definition) is 4. The van der Waals surface area contributed by atoms with E-state index in [1.54, 1.807) is 48.5 Å². The van der Waals surface area contributed by atoms with Crippen LogP contribution >= 0.6 is 23.2 Å². The van der Waals surface area contributed by atoms with E-state index in [-0.39, 0.29) is 11.5 Å². The largest absolute Gasteiger partial charge is 0.506 e. The highest BCUT2D eigenvalue weighted by atomic mass is 35.5. The lowest BCUT2D eigenvalue weighted by atomic mass is 10.0. The Morgan fingerprint density at radius 3 is 1.06 bits per heavy atom. The van der Waals surface area contributed by atoms with Gasteiger partial charge in [0.1, 0.15) is 11.5 Å². The molecule has 0 radical (unpaired) electrons. The quantitative estimate of drug-likeness (QED) is 0.242. The third kappa shape index (κ3) is 6.76. The van der Waals surface area contributed by atoms with Gasteiger partial charge >= 0.3 is 0 Å². The van der Waals surface area contributed by atoms with Crippen molar-refractivity contribution in [2.24, 2.45) is 0 Å². The predicted octanol–water partition coefficient (Wildman–Crippen LogP) is 6.96. The van der Waals surface area contributed by atoms with E-state index in [1.807, 2.05) is 0 Å². The van der Waals surface area contributed by atoms with Gasteiger partial charge in [-0.2, -0.15) is 0 Å². The molecule has 0 saturated carbocycles. The van der Waals surface area contributed by atoms with Gasteiger partial charge in [-0.15, -0.1) is 0 Å². The van der Waals surface area contributed by atoms with Crippen molar-refractivity contribution in [3.8, 4) is 23.0 Å². The van der Waals surface area contributed by atoms with Crippen LogP contribution in [0, 0.1) is 11.6 Å². The minimum Gasteiger partial charge on any atom is -0.506 e. The summed E-state index contributed by atoms with van der Waals surface area (Å²) in [6, 6.07) is 18.1. The van der Waals surface area contributed by atoms with Crippen molar-refractivity contribution in [3.63, 3.8) is 0 Å². The van der Waals surface area contributed by atoms with Gasteiger partial charge in [0.2, 0.25) is 0 Å². The fourth-order valence-corrected chi connectivity index (χ4v) is 3.52. The van der Waals surface area contributed by atoms with Crippen LogP contribution in [-0.2, 0) is 12.8 Å². The summed E-state index contributed by atoms with van der Waals surface area (Å²) in [6.45, 7) is 0. The Kier molecular flexibility index (Phi) is 8.21. The van der Waals surface area contributed by atoms with Crippen molar-refractivity contribution in [2.45, 2.75) is 12.8 Å². The van der Waals surface area contributed by atoms with E-state index in [2.05, 4.69) is 0 Å². The Bertz CT molecular complexity index is 1110. The first-order valence-electron chi connectivity index (χ1n) is 10.0. The maximum atomic E-state index is 13.1. The van der Waals surface area contributed by atoms with E-state index in [9.17, 15) is 19.0 Å². The Balaban J connectivity index is 0.000000191. The summed E-state index contributed by atoms with van der Waals surface area (Å²) in [7, 11) is 0. The van der Waals surface area contributed by atoms with Gasteiger partial charge in [-0.1, -0.05) is 47.5 Å². The average molecular weight is 505 g/mol. The van der Waals surface area contributed by atoms with Crippen molar-refractivity contribution in [2.75, 3.05) is 0 Å². The van der Waals surface area contributed by atoms with Crippen LogP contribution < -0.4 is 0 Å². The SMILES string of the molecule is Oc1ccc(Cc2ccc(O)c(Cl)c2)cc1Cl.Oc1ccc(Cc2ccc(O)c(F)c2)cc1F. The zero-order chi connectivity index (χ0) is 24.8. The molecule has 0 aliphatic heterocycles. The molecule has 0 amide bonds. The third-order valence-corrected chi connectivity index (χ3v) is 5.47. The first kappa shape index (κ1) is 25.1. The molecule has 0 atom stereocenters. The second-order valence-electron chi connectivity index (χ2n) is 7.50. The highest BCUT2D eigenvalue weighted by molar-refractivity contribution is 6.32. The van der Waals surface area contributed by atoms with E-state index >= 15 is 0 Å². The van der Waals surface area contributed by atoms with Gasteiger partial charge in [0.05, 0.1) is 10.0 Å². The maximum Gasteiger partial charge on any atom is 0.165 e. The standard InChI is InChI=1S/C13H10Cl2O2.C13H10F2O2/c2*14-10-6-8(1-3-12(10)16)5-9-2-4-13(17)11(15)7-9/h2*1-4,6-7,16-17H,5H2. The van der Waals surface area contributed by atoms with E-state index in [0.717, 1.165) is 11.1 Å². The molecule has 0 aromatic heterocycles. The number of aromatic hydroxyl groups is 4. The first-order valence-corrected chi connectivity index (χ1v) is 10.8. The minimum atomic E-state index is -0.707. The molecule has 0 unspecified atom stereocenters. The van der Waals surface area contributed by atoms with Gasteiger partial charge in [-0.25, -0.2) is 8.78 Å². The molecule has 4 aromatic rings. The van der Waals surface area contributed by atoms with Crippen LogP contribution in [-0.4, -0.2) is 20.4 Å². The van der Waals surface area contributed by atoms with Crippen LogP contribution in [0.3, 0.4) is 0 Å². The molecule has 4 aromatic carbocycles. The summed E-state index contributed by atoms with van der Waals surface area (Å²) >= 11 is 11.6. The molecule has 176 valence electrons. The summed E-state index contributed by atoms with van der Waals surface area (Å²) in [5.74, 6) is -2.10. The second kappa shape index (κ2) is 11.1. The van der Waals surface area contributed by atoms with E-state index < -0.39 is 23.1 Å². The fourth-order valence-electron chi connectivity index (χ4n) is 3.11. The number of rotatable bonds is 4. The van der Waals surface area contributed by atoms with Gasteiger partial charge in [-0.3, -0.25) is 0 Å². The molecule has 4 nitrogen and oxygen atoms in total. The topological polar surface area (TPSA) is 80.9 Å². The van der Waals surface area contributed by atoms with Gasteiger partial charge in [0, 0.05) is 0 Å². The van der Waals surface area contributed by atoms with Gasteiger partial charge < -0.3 is 20.4 Å². The Morgan fingerprint density at radius 2 is 0.765 bits per heavy atom. The van der Waals surface area contributed by atoms with Crippen LogP contribution in [0.1, 0.15) is 22.3 Å². The van der Waals surface area contributed by atoms with Crippen LogP contribution in [0.4, 0.5) is 8.78 Å². The van der Waals surface area contributed by atoms with Gasteiger partial charge in [-0.05, 0) is 83.6 Å². The number of hydrogen-bond donors (Lipinski definition) is 4. The predicted molar refractivity (Wildman–Crippen MR) is 128 cm³/mol. The maximum absolute atomic E-state index is 13.1. The monoisotopic (exact) mass is 504 g/mol. The Labute approximate surface area is 204 Å². The minimum absolute atomic E-state index is 0.0687. The van der Waals surface area contributed by atoms with Crippen molar-refractivity contribution in [3.05, 3.63) is 117 Å². The smallest absolute Gasteiger partial charge is 0.165 e. The summed E-state index contributed by atoms with van der Waals surface area (Å²) in [5, 5.41) is 37.3. The van der Waals surface area contributed by atoms with Crippen molar-refractivity contribution in [1.82, 2.24) is 0 Å². The summed E-state index contributed by atoms with van der Waals surface area (Å²) < 4.78 is 26.1. The van der Waals surface area contributed by atoms with Crippen LogP contribution in [0.5, 0.6) is 23.0 Å². The molecule has 34 heavy (non-hydrogen) atoms. The summed E-state index contributed by atoms with van der Waals surface area (Å²) in [6.07, 6.45) is 0.967. The molecule has 8 heteroatoms. The number of phenols is 4.